The number of nitrogens with one attached hydrogen (secondary N) is 1. The van der Waals surface area contributed by atoms with Crippen LogP contribution in [0.15, 0.2) is 0 Å². The maximum atomic E-state index is 10.1. The first-order valence-corrected chi connectivity index (χ1v) is 9.71. The molecule has 0 radical (unpaired) electrons. The topological polar surface area (TPSA) is 115 Å². The third kappa shape index (κ3) is 5.88. The first kappa shape index (κ1) is 22.2. The number of aliphatic hydroxyl groups excluding tert-OH is 4. The van der Waals surface area contributed by atoms with E-state index in [0.717, 1.165) is 26.1 Å². The molecule has 5 N–H and O–H groups in total. The number of nitrogens with zero attached hydrogens (tertiary/aromatic N) is 1. The quantitative estimate of drug-likeness (QED) is 0.208. The Balaban J connectivity index is 2.60. The van der Waals surface area contributed by atoms with E-state index < -0.39 is 42.9 Å². The van der Waals surface area contributed by atoms with E-state index in [0.29, 0.717) is 5.32 Å². The van der Waals surface area contributed by atoms with E-state index in [-0.39, 0.29) is 0 Å². The van der Waals surface area contributed by atoms with Crippen molar-refractivity contribution in [2.75, 3.05) is 26.2 Å². The summed E-state index contributed by atoms with van der Waals surface area (Å²) in [6.07, 6.45) is -4.27. The molecule has 1 aliphatic heterocycles. The SMILES string of the molecule is CCN(CC)CCC(C)(C[SeH])ONC1C(O)C(O)C(CO)O[C@@H]1O. The molecule has 0 bridgehead atoms. The van der Waals surface area contributed by atoms with Crippen LogP contribution in [0.25, 0.3) is 0 Å². The van der Waals surface area contributed by atoms with Gasteiger partial charge in [-0.05, 0) is 0 Å². The number of hydrogen-bond acceptors (Lipinski definition) is 8. The molecule has 1 rings (SSSR count). The zero-order chi connectivity index (χ0) is 18.3. The third-order valence-corrected chi connectivity index (χ3v) is 5.93. The first-order valence-electron chi connectivity index (χ1n) is 8.39. The Morgan fingerprint density at radius 3 is 2.33 bits per heavy atom. The molecule has 5 unspecified atom stereocenters. The number of hydrogen-bond donors (Lipinski definition) is 5. The van der Waals surface area contributed by atoms with Gasteiger partial charge in [-0.25, -0.2) is 0 Å². The normalized spacial score (nSPS) is 33.6. The number of aliphatic hydroxyl groups is 4. The van der Waals surface area contributed by atoms with Crippen molar-refractivity contribution in [3.05, 3.63) is 0 Å². The Bertz CT molecular complexity index is 363. The van der Waals surface area contributed by atoms with Crippen molar-refractivity contribution in [3.63, 3.8) is 0 Å². The Kier molecular flexibility index (Phi) is 9.61. The van der Waals surface area contributed by atoms with Gasteiger partial charge in [-0.3, -0.25) is 0 Å². The molecule has 9 heteroatoms. The summed E-state index contributed by atoms with van der Waals surface area (Å²) in [7, 11) is 0. The van der Waals surface area contributed by atoms with E-state index in [2.05, 4.69) is 40.2 Å². The second-order valence-corrected chi connectivity index (χ2v) is 7.02. The van der Waals surface area contributed by atoms with E-state index >= 15 is 0 Å². The monoisotopic (exact) mass is 416 g/mol. The van der Waals surface area contributed by atoms with Gasteiger partial charge < -0.3 is 0 Å². The van der Waals surface area contributed by atoms with Gasteiger partial charge in [0.25, 0.3) is 0 Å². The summed E-state index contributed by atoms with van der Waals surface area (Å²) in [5, 5.41) is 39.7. The van der Waals surface area contributed by atoms with Crippen LogP contribution in [-0.4, -0.2) is 104 Å². The van der Waals surface area contributed by atoms with Crippen LogP contribution in [0, 0.1) is 0 Å². The van der Waals surface area contributed by atoms with Gasteiger partial charge in [0.05, 0.1) is 0 Å². The molecule has 0 spiro atoms. The van der Waals surface area contributed by atoms with Crippen LogP contribution in [0.1, 0.15) is 27.2 Å². The molecule has 1 fully saturated rings. The molecule has 0 saturated carbocycles. The van der Waals surface area contributed by atoms with Crippen LogP contribution in [0.2, 0.25) is 5.32 Å². The molecule has 6 atom stereocenters. The predicted molar refractivity (Wildman–Crippen MR) is 90.8 cm³/mol. The summed E-state index contributed by atoms with van der Waals surface area (Å²) in [6, 6.07) is -1.00. The van der Waals surface area contributed by atoms with Crippen molar-refractivity contribution in [1.29, 1.82) is 0 Å². The number of rotatable bonds is 10. The predicted octanol–water partition coefficient (Wildman–Crippen LogP) is -1.88. The van der Waals surface area contributed by atoms with Crippen LogP contribution in [0.5, 0.6) is 0 Å². The molecule has 1 saturated heterocycles. The molecule has 144 valence electrons. The zero-order valence-electron chi connectivity index (χ0n) is 14.6. The van der Waals surface area contributed by atoms with Crippen molar-refractivity contribution >= 4 is 16.0 Å². The van der Waals surface area contributed by atoms with E-state index in [1.807, 2.05) is 6.92 Å². The minimum absolute atomic E-state index is 0.489. The minimum atomic E-state index is -1.39. The Hall–Kier alpha value is 0.199. The van der Waals surface area contributed by atoms with Crippen molar-refractivity contribution < 1.29 is 30.0 Å². The van der Waals surface area contributed by atoms with Gasteiger partial charge in [0, 0.05) is 0 Å². The maximum absolute atomic E-state index is 10.1. The van der Waals surface area contributed by atoms with Gasteiger partial charge in [-0.1, -0.05) is 0 Å². The van der Waals surface area contributed by atoms with E-state index in [1.165, 1.54) is 0 Å². The van der Waals surface area contributed by atoms with Crippen molar-refractivity contribution in [2.45, 2.75) is 68.8 Å². The molecule has 24 heavy (non-hydrogen) atoms. The Morgan fingerprint density at radius 2 is 1.83 bits per heavy atom. The van der Waals surface area contributed by atoms with Gasteiger partial charge in [-0.2, -0.15) is 0 Å². The Labute approximate surface area is 151 Å². The van der Waals surface area contributed by atoms with Crippen LogP contribution in [0.4, 0.5) is 0 Å². The molecular weight excluding hydrogens is 383 g/mol. The zero-order valence-corrected chi connectivity index (χ0v) is 16.5. The molecular formula is C15H32N2O6Se. The van der Waals surface area contributed by atoms with Crippen LogP contribution in [-0.2, 0) is 9.57 Å². The number of hydroxylamine groups is 1. The molecule has 0 aliphatic carbocycles. The van der Waals surface area contributed by atoms with Crippen LogP contribution >= 0.6 is 0 Å². The van der Waals surface area contributed by atoms with Crippen molar-refractivity contribution in [2.24, 2.45) is 0 Å². The summed E-state index contributed by atoms with van der Waals surface area (Å²) < 4.78 is 5.10. The van der Waals surface area contributed by atoms with Gasteiger partial charge in [0.2, 0.25) is 0 Å². The van der Waals surface area contributed by atoms with Gasteiger partial charge in [0.1, 0.15) is 0 Å². The van der Waals surface area contributed by atoms with Crippen LogP contribution < -0.4 is 5.48 Å². The number of ether oxygens (including phenoxy) is 1. The molecule has 1 heterocycles. The fourth-order valence-electron chi connectivity index (χ4n) is 2.53. The fourth-order valence-corrected chi connectivity index (χ4v) is 3.00. The van der Waals surface area contributed by atoms with Gasteiger partial charge in [-0.15, -0.1) is 0 Å². The second kappa shape index (κ2) is 10.4. The van der Waals surface area contributed by atoms with Crippen molar-refractivity contribution in [3.8, 4) is 0 Å². The molecule has 0 aromatic carbocycles. The van der Waals surface area contributed by atoms with Gasteiger partial charge in [0.15, 0.2) is 0 Å². The van der Waals surface area contributed by atoms with E-state index in [9.17, 15) is 15.3 Å². The standard InChI is InChI=1S/C15H32N2O6Se/c1-4-17(5-2)7-6-15(3,9-24)23-16-11-13(20)12(19)10(8-18)22-14(11)21/h10-14,16,18-21,24H,4-9H2,1-3H3/t10?,11?,12?,13?,14-,15?/m0/s1. The van der Waals surface area contributed by atoms with Crippen molar-refractivity contribution in [1.82, 2.24) is 10.4 Å². The fraction of sp³-hybridized carbons (Fsp3) is 1.00. The summed E-state index contributed by atoms with van der Waals surface area (Å²) in [5.74, 6) is 0. The first-order chi connectivity index (χ1) is 11.3. The molecule has 0 aromatic heterocycles. The van der Waals surface area contributed by atoms with Gasteiger partial charge >= 0.3 is 151 Å². The molecule has 1 aliphatic rings. The molecule has 8 nitrogen and oxygen atoms in total. The van der Waals surface area contributed by atoms with Crippen LogP contribution in [0.3, 0.4) is 0 Å². The average molecular weight is 415 g/mol. The van der Waals surface area contributed by atoms with E-state index in [1.54, 1.807) is 0 Å². The molecule has 0 aromatic rings. The summed E-state index contributed by atoms with van der Waals surface area (Å²) >= 11 is 2.48. The molecule has 0 amide bonds. The second-order valence-electron chi connectivity index (χ2n) is 6.36. The average Bonchev–Trinajstić information content (AvgIpc) is 2.58. The summed E-state index contributed by atoms with van der Waals surface area (Å²) in [6.45, 7) is 8.45. The van der Waals surface area contributed by atoms with E-state index in [4.69, 9.17) is 14.7 Å². The third-order valence-electron chi connectivity index (χ3n) is 4.53. The summed E-state index contributed by atoms with van der Waals surface area (Å²) in [5.41, 5.74) is 2.14. The Morgan fingerprint density at radius 1 is 1.21 bits per heavy atom. The summed E-state index contributed by atoms with van der Waals surface area (Å²) in [4.78, 5) is 8.03.